The van der Waals surface area contributed by atoms with Crippen molar-refractivity contribution in [3.63, 3.8) is 0 Å². The fourth-order valence-corrected chi connectivity index (χ4v) is 2.93. The third kappa shape index (κ3) is 2.72. The van der Waals surface area contributed by atoms with Crippen LogP contribution in [0.2, 0.25) is 0 Å². The van der Waals surface area contributed by atoms with Gasteiger partial charge in [0.25, 0.3) is 0 Å². The van der Waals surface area contributed by atoms with Crippen molar-refractivity contribution < 1.29 is 9.59 Å². The first-order chi connectivity index (χ1) is 10.1. The van der Waals surface area contributed by atoms with Crippen molar-refractivity contribution in [2.24, 2.45) is 0 Å². The Morgan fingerprint density at radius 2 is 1.71 bits per heavy atom. The van der Waals surface area contributed by atoms with E-state index >= 15 is 0 Å². The van der Waals surface area contributed by atoms with Gasteiger partial charge in [-0.1, -0.05) is 0 Å². The molecule has 1 aliphatic rings. The first-order valence-electron chi connectivity index (χ1n) is 6.76. The summed E-state index contributed by atoms with van der Waals surface area (Å²) in [7, 11) is 1.78. The van der Waals surface area contributed by atoms with Gasteiger partial charge in [-0.3, -0.25) is 9.59 Å². The zero-order chi connectivity index (χ0) is 15.0. The molecular formula is C17H14INO2. The van der Waals surface area contributed by atoms with Crippen molar-refractivity contribution in [3.8, 4) is 0 Å². The van der Waals surface area contributed by atoms with Gasteiger partial charge < -0.3 is 4.90 Å². The summed E-state index contributed by atoms with van der Waals surface area (Å²) in [5.41, 5.74) is 3.34. The molecule has 0 aliphatic carbocycles. The number of anilines is 1. The van der Waals surface area contributed by atoms with Gasteiger partial charge in [0.15, 0.2) is 5.78 Å². The summed E-state index contributed by atoms with van der Waals surface area (Å²) >= 11 is 2.22. The first kappa shape index (κ1) is 14.3. The van der Waals surface area contributed by atoms with Crippen molar-refractivity contribution in [2.75, 3.05) is 11.9 Å². The van der Waals surface area contributed by atoms with Gasteiger partial charge in [-0.25, -0.2) is 0 Å². The molecule has 2 aromatic rings. The Morgan fingerprint density at radius 1 is 1.05 bits per heavy atom. The van der Waals surface area contributed by atoms with Gasteiger partial charge in [-0.15, -0.1) is 0 Å². The van der Waals surface area contributed by atoms with Crippen LogP contribution in [0, 0.1) is 3.57 Å². The van der Waals surface area contributed by atoms with Gasteiger partial charge in [-0.05, 0) is 77.0 Å². The molecule has 4 heteroatoms. The van der Waals surface area contributed by atoms with Crippen LogP contribution >= 0.6 is 22.6 Å². The lowest BCUT2D eigenvalue weighted by Crippen LogP contribution is -2.31. The maximum atomic E-state index is 12.5. The highest BCUT2D eigenvalue weighted by molar-refractivity contribution is 14.1. The molecule has 3 rings (SSSR count). The smallest absolute Gasteiger partial charge is 0.227 e. The molecule has 1 heterocycles. The van der Waals surface area contributed by atoms with Crippen molar-refractivity contribution in [1.29, 1.82) is 0 Å². The zero-order valence-corrected chi connectivity index (χ0v) is 13.8. The van der Waals surface area contributed by atoms with E-state index in [4.69, 9.17) is 0 Å². The average molecular weight is 391 g/mol. The Kier molecular flexibility index (Phi) is 3.80. The van der Waals surface area contributed by atoms with Gasteiger partial charge in [0, 0.05) is 33.9 Å². The number of benzene rings is 2. The summed E-state index contributed by atoms with van der Waals surface area (Å²) in [5, 5.41) is 0. The second kappa shape index (κ2) is 5.60. The van der Waals surface area contributed by atoms with Crippen molar-refractivity contribution in [1.82, 2.24) is 0 Å². The largest absolute Gasteiger partial charge is 0.315 e. The molecule has 0 spiro atoms. The molecule has 3 nitrogen and oxygen atoms in total. The minimum atomic E-state index is 0.0220. The number of fused-ring (bicyclic) bond motifs is 1. The van der Waals surface area contributed by atoms with E-state index in [0.717, 1.165) is 14.8 Å². The number of nitrogens with zero attached hydrogens (tertiary/aromatic N) is 1. The van der Waals surface area contributed by atoms with E-state index in [2.05, 4.69) is 22.6 Å². The fraction of sp³-hybridized carbons (Fsp3) is 0.176. The fourth-order valence-electron chi connectivity index (χ4n) is 2.57. The van der Waals surface area contributed by atoms with Crippen LogP contribution in [-0.4, -0.2) is 18.7 Å². The highest BCUT2D eigenvalue weighted by atomic mass is 127. The Bertz CT molecular complexity index is 722. The van der Waals surface area contributed by atoms with Crippen LogP contribution in [0.5, 0.6) is 0 Å². The molecule has 0 unspecified atom stereocenters. The molecule has 0 saturated carbocycles. The Labute approximate surface area is 137 Å². The molecule has 0 N–H and O–H groups in total. The first-order valence-corrected chi connectivity index (χ1v) is 7.84. The second-order valence-corrected chi connectivity index (χ2v) is 6.38. The van der Waals surface area contributed by atoms with E-state index in [1.807, 2.05) is 36.4 Å². The monoisotopic (exact) mass is 391 g/mol. The van der Waals surface area contributed by atoms with Gasteiger partial charge in [0.2, 0.25) is 5.91 Å². The molecular weight excluding hydrogens is 377 g/mol. The minimum absolute atomic E-state index is 0.0220. The number of hydrogen-bond donors (Lipinski definition) is 0. The molecule has 0 atom stereocenters. The molecule has 21 heavy (non-hydrogen) atoms. The van der Waals surface area contributed by atoms with Crippen molar-refractivity contribution >= 4 is 40.0 Å². The SMILES string of the molecule is CN1C(=O)CCc2cc(C(=O)c3ccc(I)cc3)ccc21. The quantitative estimate of drug-likeness (QED) is 0.581. The number of amides is 1. The maximum absolute atomic E-state index is 12.5. The van der Waals surface area contributed by atoms with Crippen LogP contribution in [0.25, 0.3) is 0 Å². The summed E-state index contributed by atoms with van der Waals surface area (Å²) in [6.45, 7) is 0. The summed E-state index contributed by atoms with van der Waals surface area (Å²) in [4.78, 5) is 25.9. The maximum Gasteiger partial charge on any atom is 0.227 e. The van der Waals surface area contributed by atoms with Crippen LogP contribution < -0.4 is 4.90 Å². The predicted octanol–water partition coefficient (Wildman–Crippen LogP) is 3.43. The van der Waals surface area contributed by atoms with E-state index in [1.165, 1.54) is 0 Å². The normalized spacial score (nSPS) is 14.0. The lowest BCUT2D eigenvalue weighted by molar-refractivity contribution is -0.118. The number of ketones is 1. The summed E-state index contributed by atoms with van der Waals surface area (Å²) in [5.74, 6) is 0.146. The van der Waals surface area contributed by atoms with Crippen LogP contribution in [0.4, 0.5) is 5.69 Å². The van der Waals surface area contributed by atoms with E-state index in [0.29, 0.717) is 24.0 Å². The molecule has 2 aromatic carbocycles. The third-order valence-electron chi connectivity index (χ3n) is 3.79. The standard InChI is InChI=1S/C17H14INO2/c1-19-15-8-4-13(10-12(15)5-9-16(19)20)17(21)11-2-6-14(18)7-3-11/h2-4,6-8,10H,5,9H2,1H3. The van der Waals surface area contributed by atoms with Gasteiger partial charge in [0.1, 0.15) is 0 Å². The lowest BCUT2D eigenvalue weighted by Gasteiger charge is -2.26. The molecule has 0 bridgehead atoms. The van der Waals surface area contributed by atoms with E-state index in [-0.39, 0.29) is 11.7 Å². The van der Waals surface area contributed by atoms with E-state index < -0.39 is 0 Å². The number of aryl methyl sites for hydroxylation is 1. The highest BCUT2D eigenvalue weighted by Gasteiger charge is 2.22. The number of hydrogen-bond acceptors (Lipinski definition) is 2. The predicted molar refractivity (Wildman–Crippen MR) is 90.8 cm³/mol. The third-order valence-corrected chi connectivity index (χ3v) is 4.51. The highest BCUT2D eigenvalue weighted by Crippen LogP contribution is 2.28. The Hall–Kier alpha value is -1.69. The molecule has 1 aliphatic heterocycles. The van der Waals surface area contributed by atoms with Crippen LogP contribution in [0.1, 0.15) is 27.9 Å². The second-order valence-electron chi connectivity index (χ2n) is 5.13. The van der Waals surface area contributed by atoms with Gasteiger partial charge >= 0.3 is 0 Å². The molecule has 0 fully saturated rings. The summed E-state index contributed by atoms with van der Waals surface area (Å²) in [6.07, 6.45) is 1.21. The van der Waals surface area contributed by atoms with Crippen LogP contribution in [-0.2, 0) is 11.2 Å². The number of rotatable bonds is 2. The lowest BCUT2D eigenvalue weighted by atomic mass is 9.95. The number of carbonyl (C=O) groups excluding carboxylic acids is 2. The molecule has 1 amide bonds. The molecule has 0 radical (unpaired) electrons. The molecule has 106 valence electrons. The van der Waals surface area contributed by atoms with E-state index in [9.17, 15) is 9.59 Å². The number of halogens is 1. The summed E-state index contributed by atoms with van der Waals surface area (Å²) in [6, 6.07) is 13.1. The van der Waals surface area contributed by atoms with Crippen molar-refractivity contribution in [2.45, 2.75) is 12.8 Å². The zero-order valence-electron chi connectivity index (χ0n) is 11.6. The molecule has 0 saturated heterocycles. The Balaban J connectivity index is 1.95. The van der Waals surface area contributed by atoms with E-state index in [1.54, 1.807) is 18.0 Å². The topological polar surface area (TPSA) is 37.4 Å². The van der Waals surface area contributed by atoms with Crippen LogP contribution in [0.3, 0.4) is 0 Å². The van der Waals surface area contributed by atoms with Crippen LogP contribution in [0.15, 0.2) is 42.5 Å². The van der Waals surface area contributed by atoms with Gasteiger partial charge in [0.05, 0.1) is 0 Å². The van der Waals surface area contributed by atoms with Crippen molar-refractivity contribution in [3.05, 3.63) is 62.7 Å². The molecule has 0 aromatic heterocycles. The minimum Gasteiger partial charge on any atom is -0.315 e. The average Bonchev–Trinajstić information content (AvgIpc) is 2.51. The Morgan fingerprint density at radius 3 is 2.43 bits per heavy atom. The van der Waals surface area contributed by atoms with Gasteiger partial charge in [-0.2, -0.15) is 0 Å². The number of carbonyl (C=O) groups is 2. The summed E-state index contributed by atoms with van der Waals surface area (Å²) < 4.78 is 1.11.